The molecule has 2 heterocycles. The van der Waals surface area contributed by atoms with E-state index in [4.69, 9.17) is 0 Å². The summed E-state index contributed by atoms with van der Waals surface area (Å²) in [5.74, 6) is 0.0788. The predicted octanol–water partition coefficient (Wildman–Crippen LogP) is 3.08. The van der Waals surface area contributed by atoms with Crippen LogP contribution in [0.15, 0.2) is 24.4 Å². The van der Waals surface area contributed by atoms with Gasteiger partial charge >= 0.3 is 0 Å². The molecule has 0 atom stereocenters. The molecular formula is C14H17N3OS. The van der Waals surface area contributed by atoms with Gasteiger partial charge in [-0.15, -0.1) is 0 Å². The summed E-state index contributed by atoms with van der Waals surface area (Å²) in [4.78, 5) is 23.2. The Labute approximate surface area is 117 Å². The molecule has 0 fully saturated rings. The number of carbonyl (C=O) groups is 1. The van der Waals surface area contributed by atoms with Gasteiger partial charge < -0.3 is 4.90 Å². The van der Waals surface area contributed by atoms with Crippen LogP contribution in [0.5, 0.6) is 0 Å². The molecule has 2 aromatic rings. The Morgan fingerprint density at radius 3 is 2.74 bits per heavy atom. The largest absolute Gasteiger partial charge is 0.342 e. The van der Waals surface area contributed by atoms with Crippen molar-refractivity contribution in [3.63, 3.8) is 0 Å². The van der Waals surface area contributed by atoms with E-state index >= 15 is 0 Å². The van der Waals surface area contributed by atoms with Gasteiger partial charge in [-0.05, 0) is 26.0 Å². The molecule has 2 aromatic heterocycles. The summed E-state index contributed by atoms with van der Waals surface area (Å²) in [6.45, 7) is 7.08. The number of ketones is 1. The third kappa shape index (κ3) is 3.17. The highest BCUT2D eigenvalue weighted by Crippen LogP contribution is 2.27. The summed E-state index contributed by atoms with van der Waals surface area (Å²) in [5.41, 5.74) is 1.81. The van der Waals surface area contributed by atoms with E-state index in [0.717, 1.165) is 27.9 Å². The van der Waals surface area contributed by atoms with Gasteiger partial charge in [-0.1, -0.05) is 17.4 Å². The van der Waals surface area contributed by atoms with Gasteiger partial charge in [0.1, 0.15) is 0 Å². The topological polar surface area (TPSA) is 46.1 Å². The summed E-state index contributed by atoms with van der Waals surface area (Å²) in [6, 6.07) is 5.88. The second-order valence-corrected chi connectivity index (χ2v) is 5.28. The van der Waals surface area contributed by atoms with Crippen LogP contribution >= 0.6 is 11.3 Å². The molecular weight excluding hydrogens is 258 g/mol. The molecule has 2 rings (SSSR count). The second-order valence-electron chi connectivity index (χ2n) is 4.30. The summed E-state index contributed by atoms with van der Waals surface area (Å²) in [5, 5.41) is 0.885. The Kier molecular flexibility index (Phi) is 4.27. The van der Waals surface area contributed by atoms with E-state index in [0.29, 0.717) is 6.54 Å². The van der Waals surface area contributed by atoms with Crippen molar-refractivity contribution >= 4 is 22.3 Å². The molecule has 0 amide bonds. The van der Waals surface area contributed by atoms with Crippen LogP contribution in [0.2, 0.25) is 0 Å². The van der Waals surface area contributed by atoms with E-state index in [9.17, 15) is 4.79 Å². The summed E-state index contributed by atoms with van der Waals surface area (Å²) in [7, 11) is 0. The van der Waals surface area contributed by atoms with Gasteiger partial charge in [-0.3, -0.25) is 9.78 Å². The summed E-state index contributed by atoms with van der Waals surface area (Å²) in [6.07, 6.45) is 1.79. The van der Waals surface area contributed by atoms with E-state index in [1.807, 2.05) is 25.1 Å². The molecule has 0 bridgehead atoms. The molecule has 0 spiro atoms. The number of carbonyl (C=O) groups excluding carboxylic acids is 1. The maximum atomic E-state index is 11.5. The van der Waals surface area contributed by atoms with Crippen LogP contribution in [0.3, 0.4) is 0 Å². The Balaban J connectivity index is 2.22. The van der Waals surface area contributed by atoms with Gasteiger partial charge in [0.15, 0.2) is 10.9 Å². The number of aromatic nitrogens is 2. The van der Waals surface area contributed by atoms with Gasteiger partial charge in [-0.25, -0.2) is 4.98 Å². The van der Waals surface area contributed by atoms with Crippen LogP contribution in [0, 0.1) is 6.92 Å². The maximum absolute atomic E-state index is 11.5. The minimum Gasteiger partial charge on any atom is -0.342 e. The zero-order chi connectivity index (χ0) is 13.8. The van der Waals surface area contributed by atoms with E-state index < -0.39 is 0 Å². The number of rotatable bonds is 5. The lowest BCUT2D eigenvalue weighted by Gasteiger charge is -2.19. The van der Waals surface area contributed by atoms with Crippen LogP contribution in [0.25, 0.3) is 0 Å². The normalized spacial score (nSPS) is 10.5. The first-order valence-electron chi connectivity index (χ1n) is 6.25. The van der Waals surface area contributed by atoms with Gasteiger partial charge in [0.25, 0.3) is 0 Å². The third-order valence-electron chi connectivity index (χ3n) is 2.84. The zero-order valence-corrected chi connectivity index (χ0v) is 12.2. The average Bonchev–Trinajstić information content (AvgIpc) is 2.79. The Morgan fingerprint density at radius 2 is 2.21 bits per heavy atom. The first-order chi connectivity index (χ1) is 9.11. The molecule has 100 valence electrons. The molecule has 0 saturated carbocycles. The molecule has 0 aromatic carbocycles. The van der Waals surface area contributed by atoms with Gasteiger partial charge in [-0.2, -0.15) is 0 Å². The fraction of sp³-hybridized carbons (Fsp3) is 0.357. The van der Waals surface area contributed by atoms with Crippen LogP contribution in [0.4, 0.5) is 5.13 Å². The number of Topliss-reactive ketones (excluding diaryl/α,β-unsaturated/α-hetero) is 1. The zero-order valence-electron chi connectivity index (χ0n) is 11.4. The molecule has 0 radical (unpaired) electrons. The van der Waals surface area contributed by atoms with Crippen molar-refractivity contribution in [2.75, 3.05) is 11.4 Å². The first kappa shape index (κ1) is 13.7. The summed E-state index contributed by atoms with van der Waals surface area (Å²) >= 11 is 1.46. The number of nitrogens with zero attached hydrogens (tertiary/aromatic N) is 3. The first-order valence-corrected chi connectivity index (χ1v) is 7.06. The average molecular weight is 275 g/mol. The van der Waals surface area contributed by atoms with Crippen LogP contribution in [0.1, 0.15) is 34.9 Å². The van der Waals surface area contributed by atoms with Crippen molar-refractivity contribution in [3.05, 3.63) is 40.7 Å². The molecule has 5 heteroatoms. The molecule has 0 N–H and O–H groups in total. The van der Waals surface area contributed by atoms with E-state index in [2.05, 4.69) is 21.8 Å². The van der Waals surface area contributed by atoms with Crippen molar-refractivity contribution in [2.24, 2.45) is 0 Å². The van der Waals surface area contributed by atoms with Crippen molar-refractivity contribution in [1.82, 2.24) is 9.97 Å². The van der Waals surface area contributed by atoms with E-state index in [1.165, 1.54) is 11.3 Å². The van der Waals surface area contributed by atoms with Gasteiger partial charge in [0, 0.05) is 19.7 Å². The molecule has 19 heavy (non-hydrogen) atoms. The molecule has 4 nitrogen and oxygen atoms in total. The van der Waals surface area contributed by atoms with Crippen molar-refractivity contribution in [2.45, 2.75) is 27.3 Å². The van der Waals surface area contributed by atoms with E-state index in [1.54, 1.807) is 13.1 Å². The minimum atomic E-state index is 0.0788. The lowest BCUT2D eigenvalue weighted by Crippen LogP contribution is -2.22. The molecule has 0 unspecified atom stereocenters. The van der Waals surface area contributed by atoms with Crippen molar-refractivity contribution in [3.8, 4) is 0 Å². The quantitative estimate of drug-likeness (QED) is 0.787. The Hall–Kier alpha value is -1.75. The Bertz CT molecular complexity index is 565. The molecule has 0 aliphatic rings. The second kappa shape index (κ2) is 5.93. The number of aryl methyl sites for hydroxylation is 1. The number of hydrogen-bond donors (Lipinski definition) is 0. The molecule has 0 saturated heterocycles. The lowest BCUT2D eigenvalue weighted by molar-refractivity contribution is 0.102. The molecule has 0 aliphatic carbocycles. The highest BCUT2D eigenvalue weighted by molar-refractivity contribution is 7.17. The van der Waals surface area contributed by atoms with Crippen LogP contribution in [-0.2, 0) is 6.54 Å². The highest BCUT2D eigenvalue weighted by atomic mass is 32.1. The predicted molar refractivity (Wildman–Crippen MR) is 77.8 cm³/mol. The lowest BCUT2D eigenvalue weighted by atomic mass is 10.3. The standard InChI is InChI=1S/C14H17N3OS/c1-4-17(9-12-7-5-6-8-15-12)14-16-10(2)13(19-14)11(3)18/h5-8H,4,9H2,1-3H3. The van der Waals surface area contributed by atoms with Gasteiger partial charge in [0.2, 0.25) is 0 Å². The summed E-state index contributed by atoms with van der Waals surface area (Å²) < 4.78 is 0. The number of hydrogen-bond acceptors (Lipinski definition) is 5. The van der Waals surface area contributed by atoms with Gasteiger partial charge in [0.05, 0.1) is 22.8 Å². The third-order valence-corrected chi connectivity index (χ3v) is 4.16. The van der Waals surface area contributed by atoms with E-state index in [-0.39, 0.29) is 5.78 Å². The number of thiazole rings is 1. The SMILES string of the molecule is CCN(Cc1ccccn1)c1nc(C)c(C(C)=O)s1. The minimum absolute atomic E-state index is 0.0788. The number of anilines is 1. The van der Waals surface area contributed by atoms with Crippen molar-refractivity contribution in [1.29, 1.82) is 0 Å². The van der Waals surface area contributed by atoms with Crippen LogP contribution < -0.4 is 4.90 Å². The van der Waals surface area contributed by atoms with Crippen LogP contribution in [-0.4, -0.2) is 22.3 Å². The smallest absolute Gasteiger partial charge is 0.186 e. The number of pyridine rings is 1. The maximum Gasteiger partial charge on any atom is 0.186 e. The van der Waals surface area contributed by atoms with Crippen molar-refractivity contribution < 1.29 is 4.79 Å². The monoisotopic (exact) mass is 275 g/mol. The fourth-order valence-corrected chi connectivity index (χ4v) is 2.87. The highest BCUT2D eigenvalue weighted by Gasteiger charge is 2.16. The fourth-order valence-electron chi connectivity index (χ4n) is 1.85. The molecule has 0 aliphatic heterocycles. The Morgan fingerprint density at radius 1 is 1.42 bits per heavy atom.